The molecule has 0 fully saturated rings. The molecule has 2 aromatic heterocycles. The number of hydrogen-bond acceptors (Lipinski definition) is 4. The molecule has 0 amide bonds. The quantitative estimate of drug-likeness (QED) is 0.511. The van der Waals surface area contributed by atoms with Crippen LogP contribution in [0.1, 0.15) is 21.6 Å². The first-order valence-corrected chi connectivity index (χ1v) is 9.36. The third kappa shape index (κ3) is 3.35. The second-order valence-electron chi connectivity index (χ2n) is 6.64. The number of pyridine rings is 1. The molecule has 0 atom stereocenters. The molecule has 1 N–H and O–H groups in total. The number of carbonyl (C=O) groups excluding carboxylic acids is 1. The monoisotopic (exact) mass is 394 g/mol. The number of aryl methyl sites for hydroxylation is 1. The van der Waals surface area contributed by atoms with Crippen molar-refractivity contribution in [2.75, 3.05) is 13.2 Å². The van der Waals surface area contributed by atoms with Gasteiger partial charge in [-0.25, -0.2) is 9.78 Å². The van der Waals surface area contributed by atoms with Gasteiger partial charge in [0, 0.05) is 27.9 Å². The lowest BCUT2D eigenvalue weighted by Gasteiger charge is -2.10. The maximum Gasteiger partial charge on any atom is 0.357 e. The fourth-order valence-corrected chi connectivity index (χ4v) is 3.61. The predicted molar refractivity (Wildman–Crippen MR) is 110 cm³/mol. The number of aliphatic hydroxyl groups is 1. The van der Waals surface area contributed by atoms with Crippen LogP contribution in [0, 0.1) is 6.92 Å². The Morgan fingerprint density at radius 3 is 2.79 bits per heavy atom. The molecule has 28 heavy (non-hydrogen) atoms. The predicted octanol–water partition coefficient (Wildman–Crippen LogP) is 4.35. The zero-order valence-corrected chi connectivity index (χ0v) is 16.1. The van der Waals surface area contributed by atoms with Gasteiger partial charge in [-0.05, 0) is 30.7 Å². The van der Waals surface area contributed by atoms with E-state index in [1.54, 1.807) is 12.3 Å². The Kier molecular flexibility index (Phi) is 5.03. The smallest absolute Gasteiger partial charge is 0.357 e. The van der Waals surface area contributed by atoms with E-state index in [2.05, 4.69) is 15.6 Å². The molecule has 0 aliphatic heterocycles. The lowest BCUT2D eigenvalue weighted by atomic mass is 10.1. The molecule has 5 nitrogen and oxygen atoms in total. The van der Waals surface area contributed by atoms with E-state index in [1.165, 1.54) is 0 Å². The normalized spacial score (nSPS) is 11.2. The van der Waals surface area contributed by atoms with Crippen molar-refractivity contribution in [3.63, 3.8) is 0 Å². The average Bonchev–Trinajstić information content (AvgIpc) is 3.02. The van der Waals surface area contributed by atoms with Crippen LogP contribution in [-0.2, 0) is 11.3 Å². The molecular formula is C22H19ClN2O3. The minimum atomic E-state index is -0.547. The van der Waals surface area contributed by atoms with Crippen LogP contribution in [0.25, 0.3) is 21.8 Å². The van der Waals surface area contributed by atoms with Gasteiger partial charge in [0.1, 0.15) is 12.3 Å². The molecule has 0 aliphatic carbocycles. The van der Waals surface area contributed by atoms with E-state index in [0.717, 1.165) is 32.9 Å². The molecule has 0 radical (unpaired) electrons. The van der Waals surface area contributed by atoms with Crippen molar-refractivity contribution in [3.8, 4) is 0 Å². The molecule has 0 unspecified atom stereocenters. The Labute approximate surface area is 167 Å². The van der Waals surface area contributed by atoms with Crippen molar-refractivity contribution in [1.29, 1.82) is 0 Å². The van der Waals surface area contributed by atoms with E-state index in [9.17, 15) is 4.79 Å². The summed E-state index contributed by atoms with van der Waals surface area (Å²) in [6.45, 7) is 2.37. The third-order valence-corrected chi connectivity index (χ3v) is 5.09. The second kappa shape index (κ2) is 7.62. The zero-order valence-electron chi connectivity index (χ0n) is 15.4. The molecule has 0 bridgehead atoms. The zero-order chi connectivity index (χ0) is 19.7. The molecular weight excluding hydrogens is 376 g/mol. The first kappa shape index (κ1) is 18.5. The molecule has 0 spiro atoms. The largest absolute Gasteiger partial charge is 0.459 e. The first-order chi connectivity index (χ1) is 13.6. The van der Waals surface area contributed by atoms with E-state index in [-0.39, 0.29) is 18.9 Å². The van der Waals surface area contributed by atoms with E-state index in [0.29, 0.717) is 11.6 Å². The van der Waals surface area contributed by atoms with E-state index >= 15 is 0 Å². The van der Waals surface area contributed by atoms with E-state index < -0.39 is 5.97 Å². The Morgan fingerprint density at radius 1 is 1.14 bits per heavy atom. The molecule has 4 rings (SSSR count). The Hall–Kier alpha value is -2.89. The molecule has 2 heterocycles. The van der Waals surface area contributed by atoms with E-state index in [1.807, 2.05) is 43.3 Å². The minimum absolute atomic E-state index is 0.0494. The number of fused-ring (bicyclic) bond motifs is 3. The van der Waals surface area contributed by atoms with Gasteiger partial charge >= 0.3 is 5.97 Å². The fourth-order valence-electron chi connectivity index (χ4n) is 3.43. The third-order valence-electron chi connectivity index (χ3n) is 4.72. The number of rotatable bonds is 5. The van der Waals surface area contributed by atoms with Crippen molar-refractivity contribution in [3.05, 3.63) is 76.6 Å². The topological polar surface area (TPSA) is 64.3 Å². The Bertz CT molecular complexity index is 1180. The van der Waals surface area contributed by atoms with Gasteiger partial charge in [-0.15, -0.1) is 0 Å². The van der Waals surface area contributed by atoms with Crippen molar-refractivity contribution in [1.82, 2.24) is 9.55 Å². The number of hydrogen-bond donors (Lipinski definition) is 1. The van der Waals surface area contributed by atoms with Crippen LogP contribution in [0.4, 0.5) is 0 Å². The van der Waals surface area contributed by atoms with Gasteiger partial charge in [-0.2, -0.15) is 0 Å². The summed E-state index contributed by atoms with van der Waals surface area (Å²) in [6.07, 6.45) is 1.69. The highest BCUT2D eigenvalue weighted by atomic mass is 35.5. The summed E-state index contributed by atoms with van der Waals surface area (Å²) in [4.78, 5) is 16.4. The number of esters is 1. The van der Waals surface area contributed by atoms with Crippen molar-refractivity contribution in [2.45, 2.75) is 13.5 Å². The average molecular weight is 395 g/mol. The molecule has 2 aromatic carbocycles. The summed E-state index contributed by atoms with van der Waals surface area (Å²) in [7, 11) is 0. The Balaban J connectivity index is 1.86. The minimum Gasteiger partial charge on any atom is -0.459 e. The van der Waals surface area contributed by atoms with Crippen molar-refractivity contribution in [2.24, 2.45) is 0 Å². The maximum absolute atomic E-state index is 12.1. The second-order valence-corrected chi connectivity index (χ2v) is 7.05. The molecule has 142 valence electrons. The summed E-state index contributed by atoms with van der Waals surface area (Å²) < 4.78 is 7.15. The van der Waals surface area contributed by atoms with Gasteiger partial charge < -0.3 is 14.4 Å². The molecule has 0 saturated heterocycles. The summed E-state index contributed by atoms with van der Waals surface area (Å²) in [6, 6.07) is 15.7. The fraction of sp³-hybridized carbons (Fsp3) is 0.182. The highest BCUT2D eigenvalue weighted by Crippen LogP contribution is 2.31. The van der Waals surface area contributed by atoms with Crippen molar-refractivity contribution >= 4 is 39.4 Å². The van der Waals surface area contributed by atoms with Gasteiger partial charge in [0.25, 0.3) is 0 Å². The number of carbonyl (C=O) groups is 1. The number of aliphatic hydroxyl groups excluding tert-OH is 1. The lowest BCUT2D eigenvalue weighted by Crippen LogP contribution is -2.10. The Morgan fingerprint density at radius 2 is 1.96 bits per heavy atom. The molecule has 0 saturated carbocycles. The summed E-state index contributed by atoms with van der Waals surface area (Å²) in [5.41, 5.74) is 4.34. The molecule has 4 aromatic rings. The van der Waals surface area contributed by atoms with Crippen LogP contribution in [0.3, 0.4) is 0 Å². The number of nitrogens with zero attached hydrogens (tertiary/aromatic N) is 2. The SMILES string of the molecule is Cc1ccc(Cl)c(Cn2c3ccccc3c3cc(C(=O)OCCO)ncc32)c1. The maximum atomic E-state index is 12.1. The number of benzene rings is 2. The number of ether oxygens (including phenoxy) is 1. The first-order valence-electron chi connectivity index (χ1n) is 8.98. The van der Waals surface area contributed by atoms with Gasteiger partial charge in [0.15, 0.2) is 0 Å². The van der Waals surface area contributed by atoms with Crippen LogP contribution in [0.2, 0.25) is 5.02 Å². The van der Waals surface area contributed by atoms with Gasteiger partial charge in [0.05, 0.1) is 18.3 Å². The number of aromatic nitrogens is 2. The molecule has 0 aliphatic rings. The van der Waals surface area contributed by atoms with Crippen LogP contribution in [0.5, 0.6) is 0 Å². The number of halogens is 1. The van der Waals surface area contributed by atoms with Crippen LogP contribution in [-0.4, -0.2) is 33.8 Å². The number of para-hydroxylation sites is 1. The highest BCUT2D eigenvalue weighted by Gasteiger charge is 2.16. The molecule has 6 heteroatoms. The summed E-state index contributed by atoms with van der Waals surface area (Å²) in [5, 5.41) is 11.5. The van der Waals surface area contributed by atoms with Crippen LogP contribution < -0.4 is 0 Å². The summed E-state index contributed by atoms with van der Waals surface area (Å²) >= 11 is 6.42. The standard InChI is InChI=1S/C22H19ClN2O3/c1-14-6-7-18(23)15(10-14)13-25-20-5-3-2-4-16(20)17-11-19(24-12-21(17)25)22(27)28-9-8-26/h2-7,10-12,26H,8-9,13H2,1H3. The van der Waals surface area contributed by atoms with Crippen LogP contribution in [0.15, 0.2) is 54.7 Å². The van der Waals surface area contributed by atoms with Gasteiger partial charge in [0.2, 0.25) is 0 Å². The van der Waals surface area contributed by atoms with Gasteiger partial charge in [-0.3, -0.25) is 0 Å². The van der Waals surface area contributed by atoms with Crippen LogP contribution >= 0.6 is 11.6 Å². The lowest BCUT2D eigenvalue weighted by molar-refractivity contribution is 0.0427. The highest BCUT2D eigenvalue weighted by molar-refractivity contribution is 6.31. The van der Waals surface area contributed by atoms with E-state index in [4.69, 9.17) is 21.4 Å². The summed E-state index contributed by atoms with van der Waals surface area (Å²) in [5.74, 6) is -0.547. The van der Waals surface area contributed by atoms with Crippen molar-refractivity contribution < 1.29 is 14.6 Å². The van der Waals surface area contributed by atoms with Gasteiger partial charge in [-0.1, -0.05) is 47.5 Å².